The van der Waals surface area contributed by atoms with Gasteiger partial charge in [0.2, 0.25) is 0 Å². The molecule has 1 atom stereocenters. The van der Waals surface area contributed by atoms with Crippen LogP contribution in [0.25, 0.3) is 0 Å². The smallest absolute Gasteiger partial charge is 0.00328 e. The van der Waals surface area contributed by atoms with Crippen LogP contribution in [0.15, 0.2) is 0 Å². The number of hydrogen-bond acceptors (Lipinski definition) is 2. The first-order valence-corrected chi connectivity index (χ1v) is 6.46. The fraction of sp³-hybridized carbons (Fsp3) is 1.00. The maximum Gasteiger partial charge on any atom is 0.00328 e. The summed E-state index contributed by atoms with van der Waals surface area (Å²) in [6.45, 7) is 11.4. The molecule has 0 saturated carbocycles. The van der Waals surface area contributed by atoms with Crippen molar-refractivity contribution in [3.63, 3.8) is 0 Å². The Kier molecular flexibility index (Phi) is 3.36. The number of hydrogen-bond donors (Lipinski definition) is 0. The Morgan fingerprint density at radius 1 is 1.27 bits per heavy atom. The van der Waals surface area contributed by atoms with E-state index in [9.17, 15) is 0 Å². The zero-order chi connectivity index (χ0) is 10.9. The summed E-state index contributed by atoms with van der Waals surface area (Å²) in [6.07, 6.45) is 4.22. The van der Waals surface area contributed by atoms with E-state index >= 15 is 0 Å². The lowest BCUT2D eigenvalue weighted by atomic mass is 9.84. The fourth-order valence-corrected chi connectivity index (χ4v) is 3.24. The topological polar surface area (TPSA) is 6.48 Å². The van der Waals surface area contributed by atoms with Gasteiger partial charge in [0.1, 0.15) is 0 Å². The lowest BCUT2D eigenvalue weighted by Crippen LogP contribution is -2.42. The zero-order valence-corrected chi connectivity index (χ0v) is 10.6. The molecule has 88 valence electrons. The van der Waals surface area contributed by atoms with Gasteiger partial charge in [-0.1, -0.05) is 13.8 Å². The molecule has 0 aromatic rings. The van der Waals surface area contributed by atoms with Crippen molar-refractivity contribution in [2.45, 2.75) is 33.1 Å². The van der Waals surface area contributed by atoms with Crippen LogP contribution in [0.5, 0.6) is 0 Å². The third-order valence-electron chi connectivity index (χ3n) is 3.98. The lowest BCUT2D eigenvalue weighted by molar-refractivity contribution is 0.103. The molecule has 1 unspecified atom stereocenters. The Morgan fingerprint density at radius 3 is 2.67 bits per heavy atom. The molecule has 2 aliphatic heterocycles. The highest BCUT2D eigenvalue weighted by atomic mass is 15.2. The van der Waals surface area contributed by atoms with E-state index in [0.29, 0.717) is 5.41 Å². The Balaban J connectivity index is 1.79. The van der Waals surface area contributed by atoms with Crippen molar-refractivity contribution in [1.29, 1.82) is 0 Å². The molecule has 2 rings (SSSR count). The summed E-state index contributed by atoms with van der Waals surface area (Å²) in [5.74, 6) is 0.934. The molecule has 2 heterocycles. The first kappa shape index (κ1) is 11.4. The van der Waals surface area contributed by atoms with Crippen LogP contribution in [-0.4, -0.2) is 49.6 Å². The summed E-state index contributed by atoms with van der Waals surface area (Å²) < 4.78 is 0. The predicted octanol–water partition coefficient (Wildman–Crippen LogP) is 2.06. The lowest BCUT2D eigenvalue weighted by Gasteiger charge is -2.39. The summed E-state index contributed by atoms with van der Waals surface area (Å²) in [6, 6.07) is 0. The molecule has 0 aromatic carbocycles. The van der Waals surface area contributed by atoms with Crippen molar-refractivity contribution in [1.82, 2.24) is 9.80 Å². The minimum absolute atomic E-state index is 0.558. The van der Waals surface area contributed by atoms with Crippen LogP contribution in [-0.2, 0) is 0 Å². The number of nitrogens with zero attached hydrogens (tertiary/aromatic N) is 2. The van der Waals surface area contributed by atoms with Crippen LogP contribution in [0.2, 0.25) is 0 Å². The molecule has 2 nitrogen and oxygen atoms in total. The fourth-order valence-electron chi connectivity index (χ4n) is 3.24. The highest BCUT2D eigenvalue weighted by Gasteiger charge is 2.29. The molecule has 2 aliphatic rings. The van der Waals surface area contributed by atoms with Crippen LogP contribution in [0.4, 0.5) is 0 Å². The van der Waals surface area contributed by atoms with E-state index < -0.39 is 0 Å². The third-order valence-corrected chi connectivity index (χ3v) is 3.98. The van der Waals surface area contributed by atoms with Gasteiger partial charge in [-0.15, -0.1) is 0 Å². The molecule has 0 aliphatic carbocycles. The van der Waals surface area contributed by atoms with E-state index in [1.54, 1.807) is 0 Å². The van der Waals surface area contributed by atoms with E-state index in [1.165, 1.54) is 52.0 Å². The Labute approximate surface area is 94.6 Å². The largest absolute Gasteiger partial charge is 0.306 e. The maximum absolute atomic E-state index is 2.70. The Morgan fingerprint density at radius 2 is 2.07 bits per heavy atom. The molecule has 0 N–H and O–H groups in total. The molecule has 0 spiro atoms. The van der Waals surface area contributed by atoms with Crippen molar-refractivity contribution in [3.8, 4) is 0 Å². The molecular formula is C13H26N2. The van der Waals surface area contributed by atoms with E-state index in [2.05, 4.69) is 30.7 Å². The van der Waals surface area contributed by atoms with E-state index in [-0.39, 0.29) is 0 Å². The average Bonchev–Trinajstić information content (AvgIpc) is 2.49. The summed E-state index contributed by atoms with van der Waals surface area (Å²) >= 11 is 0. The summed E-state index contributed by atoms with van der Waals surface area (Å²) in [4.78, 5) is 5.17. The SMILES string of the molecule is CN1CCC(CN2CCCC(C)(C)C2)C1. The Bertz CT molecular complexity index is 213. The summed E-state index contributed by atoms with van der Waals surface area (Å²) in [7, 11) is 2.25. The van der Waals surface area contributed by atoms with E-state index in [4.69, 9.17) is 0 Å². The van der Waals surface area contributed by atoms with Crippen molar-refractivity contribution >= 4 is 0 Å². The van der Waals surface area contributed by atoms with Gasteiger partial charge in [0.25, 0.3) is 0 Å². The number of piperidine rings is 1. The molecule has 2 heteroatoms. The van der Waals surface area contributed by atoms with Gasteiger partial charge in [0.15, 0.2) is 0 Å². The molecule has 0 aromatic heterocycles. The van der Waals surface area contributed by atoms with Crippen LogP contribution in [0.3, 0.4) is 0 Å². The molecule has 0 bridgehead atoms. The van der Waals surface area contributed by atoms with Crippen LogP contribution < -0.4 is 0 Å². The second kappa shape index (κ2) is 4.42. The van der Waals surface area contributed by atoms with Crippen LogP contribution in [0.1, 0.15) is 33.1 Å². The minimum Gasteiger partial charge on any atom is -0.306 e. The van der Waals surface area contributed by atoms with Crippen molar-refractivity contribution in [2.75, 3.05) is 39.8 Å². The number of rotatable bonds is 2. The second-order valence-corrected chi connectivity index (χ2v) is 6.42. The van der Waals surface area contributed by atoms with Gasteiger partial charge in [0.05, 0.1) is 0 Å². The van der Waals surface area contributed by atoms with E-state index in [1.807, 2.05) is 0 Å². The van der Waals surface area contributed by atoms with Crippen molar-refractivity contribution in [3.05, 3.63) is 0 Å². The molecule has 2 saturated heterocycles. The van der Waals surface area contributed by atoms with E-state index in [0.717, 1.165) is 5.92 Å². The highest BCUT2D eigenvalue weighted by molar-refractivity contribution is 4.83. The van der Waals surface area contributed by atoms with Crippen LogP contribution >= 0.6 is 0 Å². The van der Waals surface area contributed by atoms with Crippen molar-refractivity contribution in [2.24, 2.45) is 11.3 Å². The first-order valence-electron chi connectivity index (χ1n) is 6.46. The molecule has 15 heavy (non-hydrogen) atoms. The predicted molar refractivity (Wildman–Crippen MR) is 65.1 cm³/mol. The molecular weight excluding hydrogens is 184 g/mol. The second-order valence-electron chi connectivity index (χ2n) is 6.42. The third kappa shape index (κ3) is 3.18. The average molecular weight is 210 g/mol. The Hall–Kier alpha value is -0.0800. The maximum atomic E-state index is 2.70. The normalized spacial score (nSPS) is 33.4. The number of likely N-dealkylation sites (tertiary alicyclic amines) is 2. The monoisotopic (exact) mass is 210 g/mol. The van der Waals surface area contributed by atoms with Crippen molar-refractivity contribution < 1.29 is 0 Å². The summed E-state index contributed by atoms with van der Waals surface area (Å²) in [5, 5.41) is 0. The van der Waals surface area contributed by atoms with Gasteiger partial charge in [0, 0.05) is 19.6 Å². The van der Waals surface area contributed by atoms with Gasteiger partial charge < -0.3 is 9.80 Å². The molecule has 2 fully saturated rings. The first-order chi connectivity index (χ1) is 7.05. The van der Waals surface area contributed by atoms with Gasteiger partial charge in [-0.3, -0.25) is 0 Å². The van der Waals surface area contributed by atoms with Gasteiger partial charge in [-0.25, -0.2) is 0 Å². The standard InChI is InChI=1S/C13H26N2/c1-13(2)6-4-7-15(11-13)10-12-5-8-14(3)9-12/h12H,4-11H2,1-3H3. The quantitative estimate of drug-likeness (QED) is 0.688. The molecule has 0 radical (unpaired) electrons. The summed E-state index contributed by atoms with van der Waals surface area (Å²) in [5.41, 5.74) is 0.558. The van der Waals surface area contributed by atoms with Gasteiger partial charge in [-0.2, -0.15) is 0 Å². The molecule has 0 amide bonds. The van der Waals surface area contributed by atoms with Gasteiger partial charge >= 0.3 is 0 Å². The van der Waals surface area contributed by atoms with Crippen LogP contribution in [0, 0.1) is 11.3 Å². The highest BCUT2D eigenvalue weighted by Crippen LogP contribution is 2.29. The van der Waals surface area contributed by atoms with Gasteiger partial charge in [-0.05, 0) is 50.7 Å². The minimum atomic E-state index is 0.558. The zero-order valence-electron chi connectivity index (χ0n) is 10.6.